The van der Waals surface area contributed by atoms with Gasteiger partial charge in [0, 0.05) is 19.4 Å². The second kappa shape index (κ2) is 43.8. The van der Waals surface area contributed by atoms with E-state index in [1.807, 2.05) is 0 Å². The van der Waals surface area contributed by atoms with Crippen LogP contribution in [0.3, 0.4) is 0 Å². The molecule has 0 saturated heterocycles. The van der Waals surface area contributed by atoms with E-state index < -0.39 is 26.5 Å². The minimum Gasteiger partial charge on any atom is -0.462 e. The monoisotopic (exact) mass is 826 g/mol. The summed E-state index contributed by atoms with van der Waals surface area (Å²) < 4.78 is 32.8. The summed E-state index contributed by atoms with van der Waals surface area (Å²) in [6.07, 6.45) is 48.9. The zero-order chi connectivity index (χ0) is 41.8. The number of carbonyl (C=O) groups is 2. The van der Waals surface area contributed by atoms with Crippen molar-refractivity contribution in [3.63, 3.8) is 0 Å². The number of phosphoric ester groups is 1. The van der Waals surface area contributed by atoms with Crippen molar-refractivity contribution in [2.24, 2.45) is 5.73 Å². The van der Waals surface area contributed by atoms with E-state index in [0.29, 0.717) is 6.42 Å². The largest absolute Gasteiger partial charge is 0.472 e. The second-order valence-corrected chi connectivity index (χ2v) is 17.1. The summed E-state index contributed by atoms with van der Waals surface area (Å²) in [4.78, 5) is 34.9. The van der Waals surface area contributed by atoms with Crippen LogP contribution in [-0.2, 0) is 32.7 Å². The van der Waals surface area contributed by atoms with Crippen molar-refractivity contribution in [2.45, 2.75) is 225 Å². The maximum Gasteiger partial charge on any atom is 0.472 e. The van der Waals surface area contributed by atoms with Crippen LogP contribution in [0.1, 0.15) is 219 Å². The predicted octanol–water partition coefficient (Wildman–Crippen LogP) is 13.7. The normalized spacial score (nSPS) is 13.5. The van der Waals surface area contributed by atoms with E-state index in [0.717, 1.165) is 70.6 Å². The molecule has 0 rings (SSSR count). The predicted molar refractivity (Wildman–Crippen MR) is 238 cm³/mol. The highest BCUT2D eigenvalue weighted by molar-refractivity contribution is 7.47. The maximum atomic E-state index is 12.6. The number of phosphoric acid groups is 1. The number of esters is 2. The third-order valence-corrected chi connectivity index (χ3v) is 11.0. The van der Waals surface area contributed by atoms with Gasteiger partial charge in [-0.1, -0.05) is 172 Å². The van der Waals surface area contributed by atoms with Crippen LogP contribution in [0.4, 0.5) is 0 Å². The van der Waals surface area contributed by atoms with Crippen LogP contribution in [-0.4, -0.2) is 49.3 Å². The first-order chi connectivity index (χ1) is 27.8. The number of hydrogen-bond acceptors (Lipinski definition) is 8. The van der Waals surface area contributed by atoms with Crippen LogP contribution in [0.2, 0.25) is 0 Å². The minimum atomic E-state index is -4.38. The average molecular weight is 826 g/mol. The molecule has 3 N–H and O–H groups in total. The lowest BCUT2D eigenvalue weighted by molar-refractivity contribution is -0.161. The van der Waals surface area contributed by atoms with Gasteiger partial charge in [-0.05, 0) is 70.6 Å². The van der Waals surface area contributed by atoms with Gasteiger partial charge in [0.15, 0.2) is 6.10 Å². The Morgan fingerprint density at radius 3 is 1.35 bits per heavy atom. The quantitative estimate of drug-likeness (QED) is 0.0266. The van der Waals surface area contributed by atoms with Crippen LogP contribution in [0, 0.1) is 0 Å². The Hall–Kier alpha value is -1.77. The Morgan fingerprint density at radius 2 is 0.912 bits per heavy atom. The molecule has 57 heavy (non-hydrogen) atoms. The molecule has 2 atom stereocenters. The van der Waals surface area contributed by atoms with Crippen LogP contribution in [0.15, 0.2) is 36.5 Å². The summed E-state index contributed by atoms with van der Waals surface area (Å²) in [5.74, 6) is -0.838. The molecule has 2 unspecified atom stereocenters. The highest BCUT2D eigenvalue weighted by Crippen LogP contribution is 2.43. The number of hydrogen-bond donors (Lipinski definition) is 2. The molecule has 10 heteroatoms. The number of rotatable bonds is 44. The maximum absolute atomic E-state index is 12.6. The van der Waals surface area contributed by atoms with Crippen LogP contribution < -0.4 is 5.73 Å². The second-order valence-electron chi connectivity index (χ2n) is 15.6. The van der Waals surface area contributed by atoms with Crippen molar-refractivity contribution in [2.75, 3.05) is 26.4 Å². The summed E-state index contributed by atoms with van der Waals surface area (Å²) in [7, 11) is -4.38. The lowest BCUT2D eigenvalue weighted by Gasteiger charge is -2.19. The van der Waals surface area contributed by atoms with E-state index in [-0.39, 0.29) is 38.6 Å². The van der Waals surface area contributed by atoms with Gasteiger partial charge in [-0.2, -0.15) is 0 Å². The Bertz CT molecular complexity index is 1030. The minimum absolute atomic E-state index is 0.0515. The van der Waals surface area contributed by atoms with Gasteiger partial charge >= 0.3 is 19.8 Å². The van der Waals surface area contributed by atoms with E-state index in [2.05, 4.69) is 50.3 Å². The van der Waals surface area contributed by atoms with Gasteiger partial charge in [0.05, 0.1) is 13.2 Å². The molecule has 0 spiro atoms. The van der Waals surface area contributed by atoms with Gasteiger partial charge in [-0.15, -0.1) is 0 Å². The SMILES string of the molecule is CCCCCCC/C=C\C/C=C\CCCCCCCCCCCC(=O)OC(COC(=O)CCCCCCC/C=C\CCCCCCCC)COP(=O)(O)OCCN. The number of unbranched alkanes of at least 4 members (excludes halogenated alkanes) is 25. The van der Waals surface area contributed by atoms with Crippen molar-refractivity contribution >= 4 is 19.8 Å². The standard InChI is InChI=1S/C47H88NO8P/c1-3-5-7-9-11-13-15-17-19-20-21-22-23-24-26-28-30-32-34-36-38-40-47(50)56-45(44-55-57(51,52)54-42-41-48)43-53-46(49)39-37-35-33-31-29-27-25-18-16-14-12-10-8-6-4-2/h15,17-18,20-21,25,45H,3-14,16,19,22-24,26-44,48H2,1-2H3,(H,51,52)/b17-15-,21-20-,25-18-. The van der Waals surface area contributed by atoms with E-state index >= 15 is 0 Å². The fourth-order valence-electron chi connectivity index (χ4n) is 6.48. The molecule has 334 valence electrons. The van der Waals surface area contributed by atoms with E-state index in [4.69, 9.17) is 24.3 Å². The lowest BCUT2D eigenvalue weighted by Crippen LogP contribution is -2.29. The van der Waals surface area contributed by atoms with Crippen LogP contribution in [0.25, 0.3) is 0 Å². The molecular formula is C47H88NO8P. The topological polar surface area (TPSA) is 134 Å². The van der Waals surface area contributed by atoms with Crippen molar-refractivity contribution in [1.82, 2.24) is 0 Å². The molecule has 0 aliphatic rings. The number of allylic oxidation sites excluding steroid dienone is 6. The van der Waals surface area contributed by atoms with E-state index in [1.54, 1.807) is 0 Å². The molecular weight excluding hydrogens is 737 g/mol. The highest BCUT2D eigenvalue weighted by atomic mass is 31.2. The summed E-state index contributed by atoms with van der Waals surface area (Å²) in [6.45, 7) is 3.72. The molecule has 0 aliphatic heterocycles. The molecule has 0 fully saturated rings. The zero-order valence-electron chi connectivity index (χ0n) is 36.8. The Morgan fingerprint density at radius 1 is 0.526 bits per heavy atom. The molecule has 0 aromatic heterocycles. The van der Waals surface area contributed by atoms with E-state index in [9.17, 15) is 19.0 Å². The average Bonchev–Trinajstić information content (AvgIpc) is 3.20. The van der Waals surface area contributed by atoms with Gasteiger partial charge in [-0.3, -0.25) is 18.6 Å². The summed E-state index contributed by atoms with van der Waals surface area (Å²) in [5.41, 5.74) is 5.35. The van der Waals surface area contributed by atoms with Gasteiger partial charge in [0.1, 0.15) is 6.61 Å². The zero-order valence-corrected chi connectivity index (χ0v) is 37.7. The van der Waals surface area contributed by atoms with Gasteiger partial charge < -0.3 is 20.1 Å². The van der Waals surface area contributed by atoms with Gasteiger partial charge in [0.25, 0.3) is 0 Å². The van der Waals surface area contributed by atoms with Crippen molar-refractivity contribution in [3.05, 3.63) is 36.5 Å². The molecule has 0 heterocycles. The fourth-order valence-corrected chi connectivity index (χ4v) is 7.25. The van der Waals surface area contributed by atoms with Gasteiger partial charge in [-0.25, -0.2) is 4.57 Å². The van der Waals surface area contributed by atoms with Gasteiger partial charge in [0.2, 0.25) is 0 Å². The first kappa shape index (κ1) is 55.2. The summed E-state index contributed by atoms with van der Waals surface area (Å²) >= 11 is 0. The Kier molecular flexibility index (Phi) is 42.4. The number of carbonyl (C=O) groups excluding carboxylic acids is 2. The number of ether oxygens (including phenoxy) is 2. The summed E-state index contributed by atoms with van der Waals surface area (Å²) in [6, 6.07) is 0. The van der Waals surface area contributed by atoms with Crippen LogP contribution >= 0.6 is 7.82 Å². The molecule has 0 saturated carbocycles. The third kappa shape index (κ3) is 43.6. The molecule has 0 radical (unpaired) electrons. The smallest absolute Gasteiger partial charge is 0.462 e. The fraction of sp³-hybridized carbons (Fsp3) is 0.830. The lowest BCUT2D eigenvalue weighted by atomic mass is 10.1. The van der Waals surface area contributed by atoms with E-state index in [1.165, 1.54) is 116 Å². The first-order valence-electron chi connectivity index (χ1n) is 23.5. The Balaban J connectivity index is 4.11. The van der Waals surface area contributed by atoms with Crippen LogP contribution in [0.5, 0.6) is 0 Å². The van der Waals surface area contributed by atoms with Crippen molar-refractivity contribution < 1.29 is 37.6 Å². The molecule has 0 aromatic rings. The Labute approximate surface area is 350 Å². The number of nitrogens with two attached hydrogens (primary N) is 1. The first-order valence-corrected chi connectivity index (χ1v) is 25.0. The molecule has 9 nitrogen and oxygen atoms in total. The molecule has 0 aromatic carbocycles. The highest BCUT2D eigenvalue weighted by Gasteiger charge is 2.26. The molecule has 0 amide bonds. The summed E-state index contributed by atoms with van der Waals surface area (Å²) in [5, 5.41) is 0. The van der Waals surface area contributed by atoms with Crippen molar-refractivity contribution in [1.29, 1.82) is 0 Å². The third-order valence-electron chi connectivity index (χ3n) is 10.00. The van der Waals surface area contributed by atoms with Crippen molar-refractivity contribution in [3.8, 4) is 0 Å². The molecule has 0 aliphatic carbocycles. The molecule has 0 bridgehead atoms.